The van der Waals surface area contributed by atoms with Crippen LogP contribution >= 0.6 is 11.8 Å². The van der Waals surface area contributed by atoms with E-state index in [1.807, 2.05) is 0 Å². The Morgan fingerprint density at radius 3 is 2.82 bits per heavy atom. The lowest BCUT2D eigenvalue weighted by atomic mass is 10.5. The molecule has 2 rings (SSSR count). The van der Waals surface area contributed by atoms with Gasteiger partial charge in [0.05, 0.1) is 12.4 Å². The van der Waals surface area contributed by atoms with Gasteiger partial charge in [-0.15, -0.1) is 0 Å². The average molecular weight is 247 g/mol. The number of rotatable bonds is 5. The summed E-state index contributed by atoms with van der Waals surface area (Å²) in [7, 11) is 0. The van der Waals surface area contributed by atoms with Crippen molar-refractivity contribution in [3.05, 3.63) is 30.9 Å². The van der Waals surface area contributed by atoms with E-state index in [4.69, 9.17) is 0 Å². The van der Waals surface area contributed by atoms with Crippen molar-refractivity contribution >= 4 is 17.6 Å². The average Bonchev–Trinajstić information content (AvgIpc) is 2.38. The first kappa shape index (κ1) is 11.8. The summed E-state index contributed by atoms with van der Waals surface area (Å²) < 4.78 is 0. The zero-order valence-electron chi connectivity index (χ0n) is 9.50. The van der Waals surface area contributed by atoms with Crippen LogP contribution in [0.25, 0.3) is 0 Å². The van der Waals surface area contributed by atoms with Crippen LogP contribution in [0.3, 0.4) is 0 Å². The summed E-state index contributed by atoms with van der Waals surface area (Å²) in [5.74, 6) is 0.785. The quantitative estimate of drug-likeness (QED) is 0.817. The Hall–Kier alpha value is -1.69. The van der Waals surface area contributed by atoms with Crippen LogP contribution in [0.2, 0.25) is 0 Å². The van der Waals surface area contributed by atoms with Crippen LogP contribution < -0.4 is 5.32 Å². The monoisotopic (exact) mass is 247 g/mol. The molecule has 0 aliphatic heterocycles. The van der Waals surface area contributed by atoms with Crippen molar-refractivity contribution in [2.24, 2.45) is 0 Å². The molecular weight excluding hydrogens is 234 g/mol. The fourth-order valence-electron chi connectivity index (χ4n) is 1.17. The maximum atomic E-state index is 4.41. The highest BCUT2D eigenvalue weighted by Gasteiger charge is 2.02. The van der Waals surface area contributed by atoms with E-state index in [0.717, 1.165) is 23.8 Å². The van der Waals surface area contributed by atoms with Gasteiger partial charge in [-0.2, -0.15) is 0 Å². The van der Waals surface area contributed by atoms with Gasteiger partial charge in [-0.1, -0.05) is 6.92 Å². The van der Waals surface area contributed by atoms with Crippen LogP contribution in [0.4, 0.5) is 5.82 Å². The van der Waals surface area contributed by atoms with Crippen LogP contribution in [0.15, 0.2) is 41.0 Å². The number of nitrogens with zero attached hydrogens (tertiary/aromatic N) is 4. The third kappa shape index (κ3) is 3.67. The van der Waals surface area contributed by atoms with Gasteiger partial charge < -0.3 is 5.32 Å². The second kappa shape index (κ2) is 6.15. The van der Waals surface area contributed by atoms with Crippen molar-refractivity contribution in [2.45, 2.75) is 23.5 Å². The first-order chi connectivity index (χ1) is 8.38. The minimum absolute atomic E-state index is 0.675. The lowest BCUT2D eigenvalue weighted by Gasteiger charge is -2.04. The first-order valence-electron chi connectivity index (χ1n) is 5.39. The summed E-state index contributed by atoms with van der Waals surface area (Å²) in [6, 6.07) is 1.79. The summed E-state index contributed by atoms with van der Waals surface area (Å²) in [4.78, 5) is 16.8. The zero-order valence-corrected chi connectivity index (χ0v) is 10.3. The molecule has 2 heterocycles. The van der Waals surface area contributed by atoms with E-state index in [0.29, 0.717) is 5.16 Å². The molecule has 5 nitrogen and oxygen atoms in total. The molecule has 0 unspecified atom stereocenters. The van der Waals surface area contributed by atoms with Crippen LogP contribution in [0.5, 0.6) is 0 Å². The van der Waals surface area contributed by atoms with Gasteiger partial charge in [0.2, 0.25) is 0 Å². The van der Waals surface area contributed by atoms with Crippen LogP contribution in [-0.4, -0.2) is 26.5 Å². The molecule has 0 atom stereocenters. The minimum Gasteiger partial charge on any atom is -0.369 e. The molecule has 0 amide bonds. The second-order valence-electron chi connectivity index (χ2n) is 3.30. The van der Waals surface area contributed by atoms with Gasteiger partial charge >= 0.3 is 0 Å². The SMILES string of the molecule is CCCNc1cncc(Sc2ncccn2)n1. The lowest BCUT2D eigenvalue weighted by Crippen LogP contribution is -2.02. The summed E-state index contributed by atoms with van der Waals surface area (Å²) in [5.41, 5.74) is 0. The minimum atomic E-state index is 0.675. The van der Waals surface area contributed by atoms with Crippen molar-refractivity contribution in [2.75, 3.05) is 11.9 Å². The van der Waals surface area contributed by atoms with E-state index in [-0.39, 0.29) is 0 Å². The highest BCUT2D eigenvalue weighted by atomic mass is 32.2. The van der Waals surface area contributed by atoms with Crippen molar-refractivity contribution in [3.8, 4) is 0 Å². The van der Waals surface area contributed by atoms with Gasteiger partial charge in [-0.05, 0) is 24.2 Å². The van der Waals surface area contributed by atoms with Gasteiger partial charge in [-0.25, -0.2) is 15.0 Å². The van der Waals surface area contributed by atoms with Crippen molar-refractivity contribution < 1.29 is 0 Å². The number of hydrogen-bond acceptors (Lipinski definition) is 6. The Kier molecular flexibility index (Phi) is 4.26. The molecule has 0 aliphatic rings. The third-order valence-electron chi connectivity index (χ3n) is 1.91. The molecule has 0 aliphatic carbocycles. The van der Waals surface area contributed by atoms with E-state index < -0.39 is 0 Å². The molecule has 0 saturated carbocycles. The predicted molar refractivity (Wildman–Crippen MR) is 67.0 cm³/mol. The highest BCUT2D eigenvalue weighted by Crippen LogP contribution is 2.21. The van der Waals surface area contributed by atoms with Crippen molar-refractivity contribution in [3.63, 3.8) is 0 Å². The lowest BCUT2D eigenvalue weighted by molar-refractivity contribution is 0.937. The largest absolute Gasteiger partial charge is 0.369 e. The smallest absolute Gasteiger partial charge is 0.193 e. The van der Waals surface area contributed by atoms with Gasteiger partial charge in [0.1, 0.15) is 10.8 Å². The normalized spacial score (nSPS) is 10.2. The maximum Gasteiger partial charge on any atom is 0.193 e. The van der Waals surface area contributed by atoms with E-state index in [9.17, 15) is 0 Å². The summed E-state index contributed by atoms with van der Waals surface area (Å²) in [6.07, 6.45) is 7.90. The third-order valence-corrected chi connectivity index (χ3v) is 2.71. The molecule has 0 aromatic carbocycles. The molecule has 0 fully saturated rings. The number of aromatic nitrogens is 4. The second-order valence-corrected chi connectivity index (χ2v) is 4.29. The van der Waals surface area contributed by atoms with Crippen LogP contribution in [0.1, 0.15) is 13.3 Å². The van der Waals surface area contributed by atoms with Crippen molar-refractivity contribution in [1.29, 1.82) is 0 Å². The van der Waals surface area contributed by atoms with Gasteiger partial charge in [0.25, 0.3) is 0 Å². The first-order valence-corrected chi connectivity index (χ1v) is 6.21. The molecule has 0 radical (unpaired) electrons. The predicted octanol–water partition coefficient (Wildman–Crippen LogP) is 2.24. The molecule has 6 heteroatoms. The Labute approximate surface area is 104 Å². The molecule has 2 aromatic heterocycles. The van der Waals surface area contributed by atoms with Gasteiger partial charge in [0.15, 0.2) is 5.16 Å². The molecule has 88 valence electrons. The molecule has 0 saturated heterocycles. The van der Waals surface area contributed by atoms with E-state index >= 15 is 0 Å². The van der Waals surface area contributed by atoms with E-state index in [2.05, 4.69) is 32.2 Å². The number of anilines is 1. The van der Waals surface area contributed by atoms with Gasteiger partial charge in [0, 0.05) is 18.9 Å². The van der Waals surface area contributed by atoms with Gasteiger partial charge in [-0.3, -0.25) is 4.98 Å². The summed E-state index contributed by atoms with van der Waals surface area (Å²) >= 11 is 1.40. The van der Waals surface area contributed by atoms with Crippen LogP contribution in [0, 0.1) is 0 Å². The summed E-state index contributed by atoms with van der Waals surface area (Å²) in [5, 5.41) is 4.66. The fraction of sp³-hybridized carbons (Fsp3) is 0.273. The molecule has 0 bridgehead atoms. The molecule has 17 heavy (non-hydrogen) atoms. The van der Waals surface area contributed by atoms with Crippen LogP contribution in [-0.2, 0) is 0 Å². The Balaban J connectivity index is 2.06. The molecule has 0 spiro atoms. The summed E-state index contributed by atoms with van der Waals surface area (Å²) in [6.45, 7) is 3.00. The highest BCUT2D eigenvalue weighted by molar-refractivity contribution is 7.99. The van der Waals surface area contributed by atoms with Crippen molar-refractivity contribution in [1.82, 2.24) is 19.9 Å². The molecular formula is C11H13N5S. The number of nitrogens with one attached hydrogen (secondary N) is 1. The Morgan fingerprint density at radius 2 is 2.06 bits per heavy atom. The Morgan fingerprint density at radius 1 is 1.24 bits per heavy atom. The van der Waals surface area contributed by atoms with E-state index in [1.54, 1.807) is 30.9 Å². The van der Waals surface area contributed by atoms with E-state index in [1.165, 1.54) is 11.8 Å². The molecule has 2 aromatic rings. The fourth-order valence-corrected chi connectivity index (χ4v) is 1.84. The maximum absolute atomic E-state index is 4.41. The number of hydrogen-bond donors (Lipinski definition) is 1. The molecule has 1 N–H and O–H groups in total. The Bertz CT molecular complexity index is 462. The topological polar surface area (TPSA) is 63.6 Å². The zero-order chi connectivity index (χ0) is 11.9. The standard InChI is InChI=1S/C11H13N5S/c1-2-4-13-9-7-12-8-10(16-9)17-11-14-5-3-6-15-11/h3,5-8H,2,4H2,1H3,(H,13,16).